The van der Waals surface area contributed by atoms with Crippen LogP contribution in [0.3, 0.4) is 0 Å². The normalized spacial score (nSPS) is 23.9. The molecule has 0 saturated carbocycles. The zero-order valence-electron chi connectivity index (χ0n) is 17.2. The Balaban J connectivity index is 0.000000293. The summed E-state index contributed by atoms with van der Waals surface area (Å²) < 4.78 is 19.6. The maximum absolute atomic E-state index is 13.9. The van der Waals surface area contributed by atoms with E-state index in [0.717, 1.165) is 32.5 Å². The van der Waals surface area contributed by atoms with E-state index in [1.54, 1.807) is 0 Å². The lowest BCUT2D eigenvalue weighted by atomic mass is 9.84. The number of amides is 1. The van der Waals surface area contributed by atoms with Gasteiger partial charge in [-0.25, -0.2) is 14.0 Å². The number of likely N-dealkylation sites (N-methyl/N-ethyl adjacent to an activating group) is 1. The number of hydrogen-bond acceptors (Lipinski definition) is 6. The zero-order valence-corrected chi connectivity index (χ0v) is 17.2. The highest BCUT2D eigenvalue weighted by Gasteiger charge is 2.35. The van der Waals surface area contributed by atoms with Crippen molar-refractivity contribution in [1.29, 1.82) is 0 Å². The minimum atomic E-state index is -1.26. The first-order valence-corrected chi connectivity index (χ1v) is 10.1. The van der Waals surface area contributed by atoms with Gasteiger partial charge in [0.1, 0.15) is 12.4 Å². The number of fused-ring (bicyclic) bond motifs is 4. The number of halogens is 1. The summed E-state index contributed by atoms with van der Waals surface area (Å²) in [6, 6.07) is 2.87. The molecule has 0 radical (unpaired) electrons. The van der Waals surface area contributed by atoms with Gasteiger partial charge in [0.15, 0.2) is 5.75 Å². The van der Waals surface area contributed by atoms with E-state index >= 15 is 0 Å². The number of carboxylic acid groups (broad SMARTS) is 2. The minimum absolute atomic E-state index is 0.158. The summed E-state index contributed by atoms with van der Waals surface area (Å²) in [5, 5.41) is 18.7. The van der Waals surface area contributed by atoms with Crippen molar-refractivity contribution < 1.29 is 33.7 Å². The molecule has 4 aliphatic rings. The molecule has 2 bridgehead atoms. The highest BCUT2D eigenvalue weighted by atomic mass is 19.1. The standard InChI is InChI=1S/C17H22FN3O2.C4H4O4/c1-20-6-7-23-16-13(8-12(18)9-15(16)20)17(22)19-14-10-21-4-2-11(14)3-5-21;5-3(6)1-2-4(7)8/h8-9,11,14H,2-7,10H2,1H3,(H,19,22);1-2H,(H,5,6)(H,7,8). The van der Waals surface area contributed by atoms with Crippen LogP contribution in [0.15, 0.2) is 24.3 Å². The number of carboxylic acids is 2. The molecule has 1 aromatic carbocycles. The molecule has 0 spiro atoms. The van der Waals surface area contributed by atoms with E-state index in [4.69, 9.17) is 14.9 Å². The van der Waals surface area contributed by atoms with E-state index in [9.17, 15) is 18.8 Å². The molecule has 1 aromatic rings. The van der Waals surface area contributed by atoms with Gasteiger partial charge in [-0.1, -0.05) is 0 Å². The number of ether oxygens (including phenoxy) is 1. The van der Waals surface area contributed by atoms with Gasteiger partial charge in [0.2, 0.25) is 0 Å². The predicted octanol–water partition coefficient (Wildman–Crippen LogP) is 1.19. The van der Waals surface area contributed by atoms with E-state index < -0.39 is 17.8 Å². The number of nitrogens with one attached hydrogen (secondary N) is 1. The average Bonchev–Trinajstić information content (AvgIpc) is 2.74. The van der Waals surface area contributed by atoms with E-state index in [0.29, 0.717) is 48.2 Å². The van der Waals surface area contributed by atoms with Crippen LogP contribution >= 0.6 is 0 Å². The van der Waals surface area contributed by atoms with Crippen LogP contribution in [0.25, 0.3) is 0 Å². The fourth-order valence-electron chi connectivity index (χ4n) is 4.11. The Bertz CT molecular complexity index is 866. The molecule has 10 heteroatoms. The number of hydrogen-bond donors (Lipinski definition) is 3. The maximum atomic E-state index is 13.9. The van der Waals surface area contributed by atoms with Gasteiger partial charge in [-0.15, -0.1) is 0 Å². The monoisotopic (exact) mass is 435 g/mol. The first-order chi connectivity index (χ1) is 14.7. The van der Waals surface area contributed by atoms with E-state index in [2.05, 4.69) is 10.2 Å². The molecule has 3 saturated heterocycles. The molecule has 4 heterocycles. The highest BCUT2D eigenvalue weighted by molar-refractivity contribution is 5.99. The molecule has 31 heavy (non-hydrogen) atoms. The van der Waals surface area contributed by atoms with Crippen molar-refractivity contribution in [2.75, 3.05) is 44.7 Å². The second-order valence-corrected chi connectivity index (χ2v) is 7.80. The van der Waals surface area contributed by atoms with E-state index in [1.807, 2.05) is 11.9 Å². The third-order valence-electron chi connectivity index (χ3n) is 5.70. The molecular weight excluding hydrogens is 409 g/mol. The molecule has 3 fully saturated rings. The number of carbonyl (C=O) groups excluding carboxylic acids is 1. The summed E-state index contributed by atoms with van der Waals surface area (Å²) in [5.41, 5.74) is 0.957. The molecule has 5 rings (SSSR count). The van der Waals surface area contributed by atoms with E-state index in [1.165, 1.54) is 12.1 Å². The van der Waals surface area contributed by atoms with Crippen LogP contribution in [0.2, 0.25) is 0 Å². The fourth-order valence-corrected chi connectivity index (χ4v) is 4.11. The molecule has 9 nitrogen and oxygen atoms in total. The number of rotatable bonds is 4. The smallest absolute Gasteiger partial charge is 0.328 e. The predicted molar refractivity (Wildman–Crippen MR) is 110 cm³/mol. The average molecular weight is 435 g/mol. The van der Waals surface area contributed by atoms with Gasteiger partial charge in [-0.2, -0.15) is 0 Å². The number of carbonyl (C=O) groups is 3. The van der Waals surface area contributed by atoms with Crippen LogP contribution in [0.5, 0.6) is 5.75 Å². The number of aliphatic carboxylic acids is 2. The topological polar surface area (TPSA) is 119 Å². The van der Waals surface area contributed by atoms with Crippen molar-refractivity contribution in [1.82, 2.24) is 10.2 Å². The lowest BCUT2D eigenvalue weighted by Crippen LogP contribution is -2.57. The van der Waals surface area contributed by atoms with Gasteiger partial charge in [-0.3, -0.25) is 4.79 Å². The lowest BCUT2D eigenvalue weighted by Gasteiger charge is -2.45. The maximum Gasteiger partial charge on any atom is 0.328 e. The summed E-state index contributed by atoms with van der Waals surface area (Å²) in [7, 11) is 1.88. The Morgan fingerprint density at radius 2 is 1.77 bits per heavy atom. The van der Waals surface area contributed by atoms with Crippen LogP contribution in [0.1, 0.15) is 23.2 Å². The largest absolute Gasteiger partial charge is 0.489 e. The molecule has 0 aliphatic carbocycles. The quantitative estimate of drug-likeness (QED) is 0.604. The summed E-state index contributed by atoms with van der Waals surface area (Å²) in [4.78, 5) is 36.1. The van der Waals surface area contributed by atoms with Gasteiger partial charge < -0.3 is 30.1 Å². The first-order valence-electron chi connectivity index (χ1n) is 10.1. The summed E-state index contributed by atoms with van der Waals surface area (Å²) >= 11 is 0. The van der Waals surface area contributed by atoms with Crippen LogP contribution in [-0.2, 0) is 9.59 Å². The number of benzene rings is 1. The molecule has 1 atom stereocenters. The third-order valence-corrected chi connectivity index (χ3v) is 5.70. The molecule has 1 unspecified atom stereocenters. The second-order valence-electron chi connectivity index (χ2n) is 7.80. The Kier molecular flexibility index (Phi) is 7.11. The van der Waals surface area contributed by atoms with Crippen LogP contribution in [0.4, 0.5) is 10.1 Å². The molecule has 168 valence electrons. The van der Waals surface area contributed by atoms with Crippen molar-refractivity contribution in [2.24, 2.45) is 5.92 Å². The molecule has 1 amide bonds. The van der Waals surface area contributed by atoms with Gasteiger partial charge in [0.25, 0.3) is 5.91 Å². The molecular formula is C21H26FN3O6. The summed E-state index contributed by atoms with van der Waals surface area (Å²) in [6.45, 7) is 4.35. The van der Waals surface area contributed by atoms with Crippen molar-refractivity contribution in [3.63, 3.8) is 0 Å². The lowest BCUT2D eigenvalue weighted by molar-refractivity contribution is -0.134. The van der Waals surface area contributed by atoms with Gasteiger partial charge in [0.05, 0.1) is 17.8 Å². The Morgan fingerprint density at radius 1 is 1.13 bits per heavy atom. The number of anilines is 1. The molecule has 4 aliphatic heterocycles. The van der Waals surface area contributed by atoms with Gasteiger partial charge >= 0.3 is 11.9 Å². The van der Waals surface area contributed by atoms with Crippen LogP contribution < -0.4 is 15.0 Å². The Hall–Kier alpha value is -3.14. The SMILES string of the molecule is CN1CCOc2c(C(=O)NC3CN4CCC3CC4)cc(F)cc21.O=C(O)C=CC(=O)O. The van der Waals surface area contributed by atoms with E-state index in [-0.39, 0.29) is 11.9 Å². The number of piperidine rings is 3. The highest BCUT2D eigenvalue weighted by Crippen LogP contribution is 2.36. The van der Waals surface area contributed by atoms with Crippen molar-refractivity contribution in [3.8, 4) is 5.75 Å². The zero-order chi connectivity index (χ0) is 22.5. The fraction of sp³-hybridized carbons (Fsp3) is 0.476. The Labute approximate surface area is 179 Å². The summed E-state index contributed by atoms with van der Waals surface area (Å²) in [5.74, 6) is -2.11. The molecule has 0 aromatic heterocycles. The molecule has 3 N–H and O–H groups in total. The first kappa shape index (κ1) is 22.5. The third kappa shape index (κ3) is 5.72. The number of nitrogens with zero attached hydrogens (tertiary/aromatic N) is 2. The Morgan fingerprint density at radius 3 is 2.32 bits per heavy atom. The van der Waals surface area contributed by atoms with Crippen LogP contribution in [0, 0.1) is 11.7 Å². The van der Waals surface area contributed by atoms with Crippen LogP contribution in [-0.4, -0.2) is 78.8 Å². The summed E-state index contributed by atoms with van der Waals surface area (Å²) in [6.07, 6.45) is 3.38. The van der Waals surface area contributed by atoms with Crippen molar-refractivity contribution >= 4 is 23.5 Å². The minimum Gasteiger partial charge on any atom is -0.489 e. The van der Waals surface area contributed by atoms with Gasteiger partial charge in [-0.05, 0) is 37.9 Å². The second kappa shape index (κ2) is 9.78. The van der Waals surface area contributed by atoms with Gasteiger partial charge in [0, 0.05) is 37.9 Å². The van der Waals surface area contributed by atoms with Crippen molar-refractivity contribution in [2.45, 2.75) is 18.9 Å². The van der Waals surface area contributed by atoms with Crippen molar-refractivity contribution in [3.05, 3.63) is 35.7 Å².